The van der Waals surface area contributed by atoms with Crippen LogP contribution < -0.4 is 5.32 Å². The number of hydrogen-bond acceptors (Lipinski definition) is 6. The van der Waals surface area contributed by atoms with Crippen molar-refractivity contribution in [3.63, 3.8) is 0 Å². The normalized spacial score (nSPS) is 12.3. The number of alkyl halides is 3. The van der Waals surface area contributed by atoms with Gasteiger partial charge in [0.2, 0.25) is 0 Å². The summed E-state index contributed by atoms with van der Waals surface area (Å²) in [6.07, 6.45) is 0.00217. The number of carbonyl (C=O) groups excluding carboxylic acids is 1. The van der Waals surface area contributed by atoms with Crippen molar-refractivity contribution in [1.29, 1.82) is 0 Å². The lowest BCUT2D eigenvalue weighted by Crippen LogP contribution is -2.18. The molecular weight excluding hydrogens is 466 g/mol. The number of carbonyl (C=O) groups is 1. The highest BCUT2D eigenvalue weighted by Crippen LogP contribution is 2.31. The summed E-state index contributed by atoms with van der Waals surface area (Å²) < 4.78 is 59.8. The number of imidazole rings is 1. The van der Waals surface area contributed by atoms with Crippen LogP contribution in [0.15, 0.2) is 67.4 Å². The Morgan fingerprint density at radius 2 is 1.86 bits per heavy atom. The fraction of sp³-hybridized carbons (Fsp3) is 0.167. The van der Waals surface area contributed by atoms with Crippen molar-refractivity contribution < 1.29 is 27.1 Å². The Kier molecular flexibility index (Phi) is 6.76. The summed E-state index contributed by atoms with van der Waals surface area (Å²) >= 11 is 0. The lowest BCUT2D eigenvalue weighted by atomic mass is 10.1. The zero-order chi connectivity index (χ0) is 25.0. The highest BCUT2D eigenvalue weighted by Gasteiger charge is 2.30. The predicted octanol–water partition coefficient (Wildman–Crippen LogP) is 5.12. The number of ether oxygens (including phenoxy) is 1. The maximum atomic E-state index is 14.8. The summed E-state index contributed by atoms with van der Waals surface area (Å²) in [5, 5.41) is 3.07. The molecule has 35 heavy (non-hydrogen) atoms. The van der Waals surface area contributed by atoms with E-state index in [9.17, 15) is 22.4 Å². The fourth-order valence-electron chi connectivity index (χ4n) is 3.45. The molecule has 0 saturated heterocycles. The molecular formula is C24H19F4N5O2. The highest BCUT2D eigenvalue weighted by atomic mass is 19.4. The van der Waals surface area contributed by atoms with Gasteiger partial charge in [0.25, 0.3) is 6.47 Å². The number of hydrogen-bond donors (Lipinski definition) is 1. The Morgan fingerprint density at radius 3 is 2.49 bits per heavy atom. The van der Waals surface area contributed by atoms with Gasteiger partial charge < -0.3 is 14.6 Å². The Hall–Kier alpha value is -4.28. The van der Waals surface area contributed by atoms with E-state index in [1.54, 1.807) is 35.9 Å². The molecule has 0 aliphatic carbocycles. The number of anilines is 1. The van der Waals surface area contributed by atoms with Crippen LogP contribution in [-0.2, 0) is 15.7 Å². The van der Waals surface area contributed by atoms with Crippen LogP contribution in [0.2, 0.25) is 0 Å². The molecule has 0 aliphatic heterocycles. The van der Waals surface area contributed by atoms with Gasteiger partial charge in [0.15, 0.2) is 0 Å². The van der Waals surface area contributed by atoms with E-state index >= 15 is 0 Å². The van der Waals surface area contributed by atoms with Gasteiger partial charge in [-0.1, -0.05) is 12.1 Å². The number of nitrogens with zero attached hydrogens (tertiary/aromatic N) is 4. The van der Waals surface area contributed by atoms with Crippen molar-refractivity contribution in [1.82, 2.24) is 19.5 Å². The molecule has 0 aliphatic rings. The van der Waals surface area contributed by atoms with E-state index in [2.05, 4.69) is 20.3 Å². The number of halogens is 4. The Bertz CT molecular complexity index is 1320. The first-order chi connectivity index (χ1) is 16.7. The lowest BCUT2D eigenvalue weighted by molar-refractivity contribution is -0.137. The van der Waals surface area contributed by atoms with Gasteiger partial charge in [-0.25, -0.2) is 19.3 Å². The first-order valence-corrected chi connectivity index (χ1v) is 10.4. The summed E-state index contributed by atoms with van der Waals surface area (Å²) in [6.45, 7) is 1.94. The number of rotatable bonds is 8. The first-order valence-electron chi connectivity index (χ1n) is 10.4. The second-order valence-electron chi connectivity index (χ2n) is 7.62. The molecule has 0 fully saturated rings. The van der Waals surface area contributed by atoms with Crippen LogP contribution in [-0.4, -0.2) is 32.6 Å². The number of benzene rings is 2. The average molecular weight is 485 g/mol. The molecule has 0 saturated carbocycles. The average Bonchev–Trinajstić information content (AvgIpc) is 3.27. The minimum absolute atomic E-state index is 0.128. The molecule has 2 heterocycles. The van der Waals surface area contributed by atoms with Gasteiger partial charge >= 0.3 is 6.18 Å². The molecule has 2 aromatic heterocycles. The van der Waals surface area contributed by atoms with Crippen molar-refractivity contribution >= 4 is 12.2 Å². The molecule has 4 rings (SSSR count). The van der Waals surface area contributed by atoms with Gasteiger partial charge in [0.05, 0.1) is 34.7 Å². The Balaban J connectivity index is 1.59. The standard InChI is InChI=1S/C24H19F4N5O2/c1-15-10-33(13-31-15)23-7-6-18(8-19(23)25)32-22(11-35-14-34)21-9-20(29-12-30-21)16-2-4-17(5-3-16)24(26,27)28/h2-10,12-14,22,32H,11H2,1H3. The highest BCUT2D eigenvalue weighted by molar-refractivity contribution is 5.60. The minimum atomic E-state index is -4.45. The third kappa shape index (κ3) is 5.62. The monoisotopic (exact) mass is 485 g/mol. The van der Waals surface area contributed by atoms with Crippen LogP contribution in [0.3, 0.4) is 0 Å². The van der Waals surface area contributed by atoms with Gasteiger partial charge in [0, 0.05) is 17.4 Å². The molecule has 1 N–H and O–H groups in total. The van der Waals surface area contributed by atoms with Crippen LogP contribution in [0.5, 0.6) is 0 Å². The van der Waals surface area contributed by atoms with Crippen LogP contribution in [0, 0.1) is 12.7 Å². The second-order valence-corrected chi connectivity index (χ2v) is 7.62. The maximum Gasteiger partial charge on any atom is 0.416 e. The largest absolute Gasteiger partial charge is 0.465 e. The first kappa shape index (κ1) is 23.9. The van der Waals surface area contributed by atoms with Crippen LogP contribution in [0.25, 0.3) is 16.9 Å². The van der Waals surface area contributed by atoms with Crippen LogP contribution >= 0.6 is 0 Å². The molecule has 0 bridgehead atoms. The van der Waals surface area contributed by atoms with E-state index in [0.717, 1.165) is 17.8 Å². The smallest absolute Gasteiger partial charge is 0.416 e. The van der Waals surface area contributed by atoms with E-state index in [-0.39, 0.29) is 13.1 Å². The van der Waals surface area contributed by atoms with Gasteiger partial charge in [-0.05, 0) is 43.3 Å². The van der Waals surface area contributed by atoms with Crippen molar-refractivity contribution in [2.75, 3.05) is 11.9 Å². The van der Waals surface area contributed by atoms with Crippen molar-refractivity contribution in [2.45, 2.75) is 19.1 Å². The quantitative estimate of drug-likeness (QED) is 0.276. The zero-order valence-corrected chi connectivity index (χ0v) is 18.3. The van der Waals surface area contributed by atoms with Gasteiger partial charge in [-0.15, -0.1) is 0 Å². The van der Waals surface area contributed by atoms with E-state index in [0.29, 0.717) is 28.3 Å². The summed E-state index contributed by atoms with van der Waals surface area (Å²) in [5.74, 6) is -0.504. The van der Waals surface area contributed by atoms with E-state index < -0.39 is 23.6 Å². The summed E-state index contributed by atoms with van der Waals surface area (Å²) in [6, 6.07) is 9.95. The van der Waals surface area contributed by atoms with Gasteiger partial charge in [-0.3, -0.25) is 4.79 Å². The topological polar surface area (TPSA) is 81.9 Å². The minimum Gasteiger partial charge on any atom is -0.465 e. The van der Waals surface area contributed by atoms with Crippen LogP contribution in [0.4, 0.5) is 23.2 Å². The third-order valence-corrected chi connectivity index (χ3v) is 5.16. The van der Waals surface area contributed by atoms with E-state index in [1.807, 2.05) is 0 Å². The van der Waals surface area contributed by atoms with Crippen molar-refractivity contribution in [3.8, 4) is 16.9 Å². The SMILES string of the molecule is Cc1cn(-c2ccc(NC(COC=O)c3cc(-c4ccc(C(F)(F)F)cc4)ncn3)cc2F)cn1. The Morgan fingerprint density at radius 1 is 1.09 bits per heavy atom. The van der Waals surface area contributed by atoms with Crippen molar-refractivity contribution in [2.24, 2.45) is 0 Å². The molecule has 180 valence electrons. The molecule has 11 heteroatoms. The number of nitrogens with one attached hydrogen (secondary N) is 1. The molecule has 4 aromatic rings. The van der Waals surface area contributed by atoms with Gasteiger partial charge in [-0.2, -0.15) is 13.2 Å². The van der Waals surface area contributed by atoms with Crippen LogP contribution in [0.1, 0.15) is 23.0 Å². The molecule has 0 spiro atoms. The van der Waals surface area contributed by atoms with E-state index in [4.69, 9.17) is 4.74 Å². The third-order valence-electron chi connectivity index (χ3n) is 5.16. The van der Waals surface area contributed by atoms with Crippen molar-refractivity contribution in [3.05, 3.63) is 90.2 Å². The molecule has 2 aromatic carbocycles. The summed E-state index contributed by atoms with van der Waals surface area (Å²) in [7, 11) is 0. The lowest BCUT2D eigenvalue weighted by Gasteiger charge is -2.19. The molecule has 0 radical (unpaired) electrons. The number of aryl methyl sites for hydroxylation is 1. The van der Waals surface area contributed by atoms with E-state index in [1.165, 1.54) is 30.9 Å². The Labute approximate surface area is 197 Å². The summed E-state index contributed by atoms with van der Waals surface area (Å²) in [5.41, 5.74) is 1.89. The zero-order valence-electron chi connectivity index (χ0n) is 18.3. The fourth-order valence-corrected chi connectivity index (χ4v) is 3.45. The molecule has 0 amide bonds. The molecule has 1 atom stereocenters. The molecule has 1 unspecified atom stereocenters. The predicted molar refractivity (Wildman–Crippen MR) is 119 cm³/mol. The molecule has 7 nitrogen and oxygen atoms in total. The second kappa shape index (κ2) is 9.92. The summed E-state index contributed by atoms with van der Waals surface area (Å²) in [4.78, 5) is 23.2. The van der Waals surface area contributed by atoms with Gasteiger partial charge in [0.1, 0.15) is 24.8 Å². The maximum absolute atomic E-state index is 14.8. The number of aromatic nitrogens is 4.